The van der Waals surface area contributed by atoms with Crippen molar-refractivity contribution in [3.8, 4) is 44.9 Å². The summed E-state index contributed by atoms with van der Waals surface area (Å²) in [4.78, 5) is 0. The fourth-order valence-electron chi connectivity index (χ4n) is 3.63. The molecule has 2 nitrogen and oxygen atoms in total. The summed E-state index contributed by atoms with van der Waals surface area (Å²) in [5.41, 5.74) is 6.46. The van der Waals surface area contributed by atoms with Crippen molar-refractivity contribution in [2.75, 3.05) is 0 Å². The Labute approximate surface area is 176 Å². The van der Waals surface area contributed by atoms with Crippen LogP contribution < -0.4 is 0 Å². The van der Waals surface area contributed by atoms with Gasteiger partial charge in [-0.25, -0.2) is 0 Å². The summed E-state index contributed by atoms with van der Waals surface area (Å²) in [5.74, 6) is 0.400. The van der Waals surface area contributed by atoms with E-state index in [9.17, 15) is 10.2 Å². The van der Waals surface area contributed by atoms with Crippen molar-refractivity contribution in [2.45, 2.75) is 0 Å². The highest BCUT2D eigenvalue weighted by atomic mass is 16.3. The lowest BCUT2D eigenvalue weighted by atomic mass is 9.91. The molecule has 0 aliphatic heterocycles. The highest BCUT2D eigenvalue weighted by molar-refractivity contribution is 5.87. The van der Waals surface area contributed by atoms with E-state index in [4.69, 9.17) is 0 Å². The molecule has 30 heavy (non-hydrogen) atoms. The van der Waals surface area contributed by atoms with E-state index in [0.717, 1.165) is 33.4 Å². The van der Waals surface area contributed by atoms with Gasteiger partial charge in [0.25, 0.3) is 0 Å². The van der Waals surface area contributed by atoms with E-state index >= 15 is 0 Å². The van der Waals surface area contributed by atoms with Crippen LogP contribution in [-0.4, -0.2) is 10.2 Å². The summed E-state index contributed by atoms with van der Waals surface area (Å²) in [6.07, 6.45) is 3.30. The van der Waals surface area contributed by atoms with Gasteiger partial charge in [-0.05, 0) is 46.5 Å². The minimum absolute atomic E-state index is 0.200. The van der Waals surface area contributed by atoms with E-state index in [1.54, 1.807) is 12.2 Å². The van der Waals surface area contributed by atoms with Gasteiger partial charge < -0.3 is 10.2 Å². The zero-order chi connectivity index (χ0) is 21.1. The zero-order valence-electron chi connectivity index (χ0n) is 16.5. The monoisotopic (exact) mass is 390 g/mol. The molecular weight excluding hydrogens is 368 g/mol. The van der Waals surface area contributed by atoms with Crippen LogP contribution in [-0.2, 0) is 0 Å². The smallest absolute Gasteiger partial charge is 0.130 e. The summed E-state index contributed by atoms with van der Waals surface area (Å²) < 4.78 is 0. The maximum atomic E-state index is 10.8. The van der Waals surface area contributed by atoms with Gasteiger partial charge >= 0.3 is 0 Å². The van der Waals surface area contributed by atoms with Crippen LogP contribution in [0.5, 0.6) is 11.5 Å². The average molecular weight is 390 g/mol. The molecule has 2 heteroatoms. The lowest BCUT2D eigenvalue weighted by Gasteiger charge is -2.15. The molecule has 0 bridgehead atoms. The molecule has 4 aromatic rings. The van der Waals surface area contributed by atoms with Gasteiger partial charge in [0.15, 0.2) is 0 Å². The number of hydrogen-bond acceptors (Lipinski definition) is 2. The van der Waals surface area contributed by atoms with Crippen LogP contribution in [0.25, 0.3) is 45.5 Å². The van der Waals surface area contributed by atoms with Crippen LogP contribution in [0.2, 0.25) is 0 Å². The van der Waals surface area contributed by atoms with Crippen molar-refractivity contribution in [3.63, 3.8) is 0 Å². The van der Waals surface area contributed by atoms with Gasteiger partial charge in [-0.15, -0.1) is 0 Å². The first-order valence-corrected chi connectivity index (χ1v) is 9.72. The molecule has 0 unspecified atom stereocenters. The van der Waals surface area contributed by atoms with Crippen molar-refractivity contribution in [2.24, 2.45) is 0 Å². The Kier molecular flexibility index (Phi) is 5.23. The van der Waals surface area contributed by atoms with Crippen LogP contribution in [0.1, 0.15) is 11.1 Å². The maximum absolute atomic E-state index is 10.8. The van der Waals surface area contributed by atoms with Gasteiger partial charge in [0.05, 0.1) is 0 Å². The first kappa shape index (κ1) is 19.3. The third-order valence-corrected chi connectivity index (χ3v) is 5.22. The lowest BCUT2D eigenvalue weighted by Crippen LogP contribution is -1.90. The van der Waals surface area contributed by atoms with Crippen molar-refractivity contribution in [3.05, 3.63) is 109 Å². The molecule has 0 aliphatic carbocycles. The second-order valence-corrected chi connectivity index (χ2v) is 7.06. The van der Waals surface area contributed by atoms with Crippen LogP contribution in [0.4, 0.5) is 0 Å². The number of hydrogen-bond donors (Lipinski definition) is 2. The molecule has 0 heterocycles. The normalized spacial score (nSPS) is 10.5. The van der Waals surface area contributed by atoms with E-state index in [-0.39, 0.29) is 11.5 Å². The lowest BCUT2D eigenvalue weighted by molar-refractivity contribution is 0.475. The summed E-state index contributed by atoms with van der Waals surface area (Å²) >= 11 is 0. The number of benzene rings is 4. The van der Waals surface area contributed by atoms with Crippen LogP contribution in [0.3, 0.4) is 0 Å². The quantitative estimate of drug-likeness (QED) is 0.373. The molecule has 4 aromatic carbocycles. The van der Waals surface area contributed by atoms with E-state index in [1.807, 2.05) is 84.9 Å². The first-order chi connectivity index (χ1) is 14.6. The largest absolute Gasteiger partial charge is 0.507 e. The van der Waals surface area contributed by atoms with Crippen LogP contribution >= 0.6 is 0 Å². The topological polar surface area (TPSA) is 40.5 Å². The fourth-order valence-corrected chi connectivity index (χ4v) is 3.63. The van der Waals surface area contributed by atoms with Crippen LogP contribution in [0, 0.1) is 0 Å². The summed E-state index contributed by atoms with van der Waals surface area (Å²) in [6.45, 7) is 7.72. The van der Waals surface area contributed by atoms with E-state index < -0.39 is 0 Å². The molecule has 146 valence electrons. The van der Waals surface area contributed by atoms with Crippen molar-refractivity contribution < 1.29 is 10.2 Å². The molecule has 0 atom stereocenters. The Hall–Kier alpha value is -4.04. The number of phenolic OH excluding ortho intramolecular Hbond substituents is 2. The summed E-state index contributed by atoms with van der Waals surface area (Å²) in [6, 6.07) is 27.3. The van der Waals surface area contributed by atoms with Crippen molar-refractivity contribution in [1.29, 1.82) is 0 Å². The van der Waals surface area contributed by atoms with Gasteiger partial charge in [0, 0.05) is 22.3 Å². The SMILES string of the molecule is C=Cc1cc(-c2cc(C=C)c(O)c(-c3ccccc3)c2)cc(-c2ccccc2)c1O. The second-order valence-electron chi connectivity index (χ2n) is 7.06. The summed E-state index contributed by atoms with van der Waals surface area (Å²) in [7, 11) is 0. The Balaban J connectivity index is 1.97. The van der Waals surface area contributed by atoms with E-state index in [1.165, 1.54) is 0 Å². The molecule has 4 rings (SSSR count). The third kappa shape index (κ3) is 3.51. The molecule has 0 saturated heterocycles. The molecule has 0 aromatic heterocycles. The Morgan fingerprint density at radius 3 is 1.20 bits per heavy atom. The third-order valence-electron chi connectivity index (χ3n) is 5.22. The number of rotatable bonds is 5. The minimum Gasteiger partial charge on any atom is -0.507 e. The molecule has 0 spiro atoms. The minimum atomic E-state index is 0.200. The van der Waals surface area contributed by atoms with Crippen molar-refractivity contribution >= 4 is 12.2 Å². The predicted molar refractivity (Wildman–Crippen MR) is 126 cm³/mol. The van der Waals surface area contributed by atoms with E-state index in [0.29, 0.717) is 11.1 Å². The zero-order valence-corrected chi connectivity index (χ0v) is 16.5. The standard InChI is InChI=1S/C28H22O2/c1-3-19-15-23(17-25(27(19)29)21-11-7-5-8-12-21)24-16-20(4-2)28(30)26(18-24)22-13-9-6-10-14-22/h3-18,29-30H,1-2H2. The Morgan fingerprint density at radius 1 is 0.500 bits per heavy atom. The van der Waals surface area contributed by atoms with Crippen LogP contribution in [0.15, 0.2) is 98.1 Å². The van der Waals surface area contributed by atoms with Gasteiger partial charge in [-0.2, -0.15) is 0 Å². The van der Waals surface area contributed by atoms with Crippen molar-refractivity contribution in [1.82, 2.24) is 0 Å². The fraction of sp³-hybridized carbons (Fsp3) is 0. The molecule has 0 radical (unpaired) electrons. The average Bonchev–Trinajstić information content (AvgIpc) is 2.80. The maximum Gasteiger partial charge on any atom is 0.130 e. The summed E-state index contributed by atoms with van der Waals surface area (Å²) in [5, 5.41) is 21.5. The number of phenols is 2. The number of aromatic hydroxyl groups is 2. The second kappa shape index (κ2) is 8.14. The predicted octanol–water partition coefficient (Wildman–Crippen LogP) is 7.38. The van der Waals surface area contributed by atoms with Gasteiger partial charge in [-0.3, -0.25) is 0 Å². The van der Waals surface area contributed by atoms with Gasteiger partial charge in [-0.1, -0.05) is 86.0 Å². The molecule has 0 fully saturated rings. The Bertz CT molecular complexity index is 1120. The molecule has 2 N–H and O–H groups in total. The molecule has 0 saturated carbocycles. The molecule has 0 amide bonds. The molecular formula is C28H22O2. The van der Waals surface area contributed by atoms with E-state index in [2.05, 4.69) is 13.2 Å². The Morgan fingerprint density at radius 2 is 0.867 bits per heavy atom. The first-order valence-electron chi connectivity index (χ1n) is 9.72. The highest BCUT2D eigenvalue weighted by Gasteiger charge is 2.15. The van der Waals surface area contributed by atoms with Gasteiger partial charge in [0.1, 0.15) is 11.5 Å². The molecule has 0 aliphatic rings. The van der Waals surface area contributed by atoms with Gasteiger partial charge in [0.2, 0.25) is 0 Å². The highest BCUT2D eigenvalue weighted by Crippen LogP contribution is 2.41.